The third kappa shape index (κ3) is 6.42. The maximum Gasteiger partial charge on any atom is 0.254 e. The molecule has 0 aliphatic carbocycles. The number of methoxy groups -OCH3 is 1. The van der Waals surface area contributed by atoms with Gasteiger partial charge in [-0.1, -0.05) is 38.1 Å². The molecule has 0 aliphatic rings. The largest absolute Gasteiger partial charge is 0.497 e. The first-order valence-corrected chi connectivity index (χ1v) is 13.9. The lowest BCUT2D eigenvalue weighted by Gasteiger charge is -2.35. The van der Waals surface area contributed by atoms with Crippen LogP contribution in [-0.4, -0.2) is 36.8 Å². The second-order valence-corrected chi connectivity index (χ2v) is 10.6. The molecule has 0 saturated heterocycles. The summed E-state index contributed by atoms with van der Waals surface area (Å²) in [5.41, 5.74) is 8.50. The molecule has 1 unspecified atom stereocenters. The summed E-state index contributed by atoms with van der Waals surface area (Å²) in [5.74, 6) is 0.509. The number of nitrogens with two attached hydrogens (primary N) is 1. The zero-order chi connectivity index (χ0) is 30.4. The zero-order valence-electron chi connectivity index (χ0n) is 24.3. The van der Waals surface area contributed by atoms with E-state index in [0.29, 0.717) is 58.7 Å². The summed E-state index contributed by atoms with van der Waals surface area (Å²) in [7, 11) is 1.58. The Hall–Kier alpha value is -4.74. The molecule has 4 rings (SSSR count). The Morgan fingerprint density at radius 1 is 1.05 bits per heavy atom. The Morgan fingerprint density at radius 3 is 2.38 bits per heavy atom. The summed E-state index contributed by atoms with van der Waals surface area (Å²) in [6.45, 7) is 6.10. The van der Waals surface area contributed by atoms with Gasteiger partial charge in [-0.3, -0.25) is 14.4 Å². The van der Waals surface area contributed by atoms with Gasteiger partial charge in [0, 0.05) is 29.7 Å². The predicted octanol–water partition coefficient (Wildman–Crippen LogP) is 5.65. The van der Waals surface area contributed by atoms with E-state index in [4.69, 9.17) is 14.9 Å². The summed E-state index contributed by atoms with van der Waals surface area (Å²) in [6, 6.07) is 20.2. The fraction of sp³-hybridized carbons (Fsp3) is 0.294. The predicted molar refractivity (Wildman–Crippen MR) is 162 cm³/mol. The van der Waals surface area contributed by atoms with Gasteiger partial charge < -0.3 is 19.8 Å². The van der Waals surface area contributed by atoms with Gasteiger partial charge in [-0.2, -0.15) is 5.26 Å². The molecular formula is C34H35N3O5. The number of ketones is 1. The molecule has 1 heterocycles. The number of benzene rings is 3. The van der Waals surface area contributed by atoms with Gasteiger partial charge in [-0.15, -0.1) is 0 Å². The summed E-state index contributed by atoms with van der Waals surface area (Å²) in [4.78, 5) is 41.7. The maximum atomic E-state index is 14.1. The molecule has 0 fully saturated rings. The average Bonchev–Trinajstić information content (AvgIpc) is 3.00. The molecule has 216 valence electrons. The van der Waals surface area contributed by atoms with Gasteiger partial charge in [0.05, 0.1) is 30.2 Å². The normalized spacial score (nSPS) is 11.7. The van der Waals surface area contributed by atoms with Crippen molar-refractivity contribution in [2.45, 2.75) is 39.7 Å². The number of amides is 1. The Kier molecular flexibility index (Phi) is 9.56. The van der Waals surface area contributed by atoms with Crippen molar-refractivity contribution in [3.05, 3.63) is 111 Å². The van der Waals surface area contributed by atoms with E-state index in [-0.39, 0.29) is 35.0 Å². The van der Waals surface area contributed by atoms with Crippen molar-refractivity contribution in [3.8, 4) is 11.8 Å². The Bertz CT molecular complexity index is 1700. The number of Topliss-reactive ketones (excluding diaryl/α,β-unsaturated/α-hetero) is 1. The van der Waals surface area contributed by atoms with Gasteiger partial charge in [0.2, 0.25) is 0 Å². The molecule has 0 aliphatic heterocycles. The number of hydrogen-bond acceptors (Lipinski definition) is 7. The van der Waals surface area contributed by atoms with Crippen LogP contribution in [0.4, 0.5) is 0 Å². The molecule has 42 heavy (non-hydrogen) atoms. The minimum Gasteiger partial charge on any atom is -0.497 e. The molecule has 1 amide bonds. The van der Waals surface area contributed by atoms with Gasteiger partial charge in [0.15, 0.2) is 11.2 Å². The SMILES string of the molecule is COc1cccc(Cc2c(C(C(C)C)N(CCCN)C(=O)c3ccc(C(C)=O)cc3)oc3cc(C#N)ccc3c2=O)c1. The van der Waals surface area contributed by atoms with Crippen LogP contribution in [0.5, 0.6) is 5.75 Å². The molecular weight excluding hydrogens is 530 g/mol. The standard InChI is InChI=1S/C34H35N3O5/c1-21(2)31(37(16-6-15-35)34(40)26-12-10-25(11-13-26)22(3)38)33-29(18-23-7-5-8-27(17-23)41-4)32(39)28-14-9-24(20-36)19-30(28)42-33/h5,7-14,17,19,21,31H,6,15-16,18,35H2,1-4H3. The molecule has 0 radical (unpaired) electrons. The highest BCUT2D eigenvalue weighted by Crippen LogP contribution is 2.35. The monoisotopic (exact) mass is 565 g/mol. The number of fused-ring (bicyclic) bond motifs is 1. The highest BCUT2D eigenvalue weighted by molar-refractivity contribution is 5.98. The molecule has 1 aromatic heterocycles. The molecule has 1 atom stereocenters. The van der Waals surface area contributed by atoms with Crippen LogP contribution in [0.2, 0.25) is 0 Å². The van der Waals surface area contributed by atoms with Gasteiger partial charge in [-0.05, 0) is 73.8 Å². The van der Waals surface area contributed by atoms with Crippen molar-refractivity contribution < 1.29 is 18.7 Å². The molecule has 4 aromatic rings. The van der Waals surface area contributed by atoms with Crippen LogP contribution in [0, 0.1) is 17.2 Å². The van der Waals surface area contributed by atoms with Gasteiger partial charge in [0.25, 0.3) is 5.91 Å². The second kappa shape index (κ2) is 13.3. The summed E-state index contributed by atoms with van der Waals surface area (Å²) >= 11 is 0. The fourth-order valence-corrected chi connectivity index (χ4v) is 5.16. The highest BCUT2D eigenvalue weighted by atomic mass is 16.5. The second-order valence-electron chi connectivity index (χ2n) is 10.6. The lowest BCUT2D eigenvalue weighted by Crippen LogP contribution is -2.40. The fourth-order valence-electron chi connectivity index (χ4n) is 5.16. The smallest absolute Gasteiger partial charge is 0.254 e. The number of rotatable bonds is 11. The number of nitrogens with zero attached hydrogens (tertiary/aromatic N) is 2. The van der Waals surface area contributed by atoms with Crippen LogP contribution in [-0.2, 0) is 6.42 Å². The van der Waals surface area contributed by atoms with Crippen molar-refractivity contribution in [2.75, 3.05) is 20.2 Å². The van der Waals surface area contributed by atoms with Gasteiger partial charge in [0.1, 0.15) is 17.1 Å². The van der Waals surface area contributed by atoms with Crippen molar-refractivity contribution in [1.29, 1.82) is 5.26 Å². The van der Waals surface area contributed by atoms with Crippen molar-refractivity contribution in [1.82, 2.24) is 4.90 Å². The third-order valence-electron chi connectivity index (χ3n) is 7.30. The van der Waals surface area contributed by atoms with Crippen LogP contribution < -0.4 is 15.9 Å². The highest BCUT2D eigenvalue weighted by Gasteiger charge is 2.34. The number of nitriles is 1. The lowest BCUT2D eigenvalue weighted by atomic mass is 9.91. The van der Waals surface area contributed by atoms with Crippen molar-refractivity contribution >= 4 is 22.7 Å². The summed E-state index contributed by atoms with van der Waals surface area (Å²) in [6.07, 6.45) is 0.780. The van der Waals surface area contributed by atoms with Gasteiger partial charge in [-0.25, -0.2) is 0 Å². The molecule has 0 spiro atoms. The molecule has 8 nitrogen and oxygen atoms in total. The minimum atomic E-state index is -0.625. The van der Waals surface area contributed by atoms with Crippen molar-refractivity contribution in [3.63, 3.8) is 0 Å². The number of carbonyl (C=O) groups excluding carboxylic acids is 2. The first-order valence-electron chi connectivity index (χ1n) is 13.9. The zero-order valence-corrected chi connectivity index (χ0v) is 24.3. The molecule has 2 N–H and O–H groups in total. The Balaban J connectivity index is 1.94. The van der Waals surface area contributed by atoms with Gasteiger partial charge >= 0.3 is 0 Å². The van der Waals surface area contributed by atoms with E-state index >= 15 is 0 Å². The van der Waals surface area contributed by atoms with E-state index in [0.717, 1.165) is 5.56 Å². The van der Waals surface area contributed by atoms with Crippen molar-refractivity contribution in [2.24, 2.45) is 11.7 Å². The summed E-state index contributed by atoms with van der Waals surface area (Å²) < 4.78 is 11.9. The molecule has 3 aromatic carbocycles. The number of hydrogen-bond donors (Lipinski definition) is 1. The summed E-state index contributed by atoms with van der Waals surface area (Å²) in [5, 5.41) is 9.86. The maximum absolute atomic E-state index is 14.1. The van der Waals surface area contributed by atoms with E-state index < -0.39 is 6.04 Å². The molecule has 8 heteroatoms. The lowest BCUT2D eigenvalue weighted by molar-refractivity contribution is 0.0587. The first kappa shape index (κ1) is 30.2. The minimum absolute atomic E-state index is 0.0918. The van der Waals surface area contributed by atoms with E-state index in [1.807, 2.05) is 38.1 Å². The molecule has 0 bridgehead atoms. The van der Waals surface area contributed by atoms with E-state index in [1.165, 1.54) is 6.92 Å². The van der Waals surface area contributed by atoms with Crippen LogP contribution >= 0.6 is 0 Å². The van der Waals surface area contributed by atoms with E-state index in [2.05, 4.69) is 6.07 Å². The van der Waals surface area contributed by atoms with Crippen LogP contribution in [0.1, 0.15) is 76.4 Å². The van der Waals surface area contributed by atoms with Crippen LogP contribution in [0.15, 0.2) is 75.9 Å². The first-order chi connectivity index (χ1) is 20.2. The average molecular weight is 566 g/mol. The van der Waals surface area contributed by atoms with Crippen LogP contribution in [0.25, 0.3) is 11.0 Å². The van der Waals surface area contributed by atoms with E-state index in [1.54, 1.807) is 54.5 Å². The topological polar surface area (TPSA) is 127 Å². The Morgan fingerprint density at radius 2 is 1.76 bits per heavy atom. The number of ether oxygens (including phenoxy) is 1. The quantitative estimate of drug-likeness (QED) is 0.233. The van der Waals surface area contributed by atoms with E-state index in [9.17, 15) is 19.6 Å². The molecule has 0 saturated carbocycles. The Labute approximate surface area is 245 Å². The number of carbonyl (C=O) groups is 2. The van der Waals surface area contributed by atoms with Crippen LogP contribution in [0.3, 0.4) is 0 Å². The third-order valence-corrected chi connectivity index (χ3v) is 7.30.